The van der Waals surface area contributed by atoms with E-state index in [0.717, 1.165) is 38.5 Å². The lowest BCUT2D eigenvalue weighted by Gasteiger charge is -2.17. The molecule has 0 aliphatic carbocycles. The number of hydrogen-bond acceptors (Lipinski definition) is 2. The molecule has 2 heteroatoms. The van der Waals surface area contributed by atoms with Gasteiger partial charge >= 0.3 is 0 Å². The topological polar surface area (TPSA) is 40.5 Å². The molecule has 2 atom stereocenters. The summed E-state index contributed by atoms with van der Waals surface area (Å²) in [4.78, 5) is 0. The Morgan fingerprint density at radius 1 is 1.07 bits per heavy atom. The first-order chi connectivity index (χ1) is 6.72. The van der Waals surface area contributed by atoms with Gasteiger partial charge in [-0.1, -0.05) is 32.3 Å². The van der Waals surface area contributed by atoms with Crippen LogP contribution in [0.2, 0.25) is 0 Å². The number of rotatable bonds is 9. The maximum Gasteiger partial charge on any atom is 0.0799 e. The molecule has 0 saturated carbocycles. The summed E-state index contributed by atoms with van der Waals surface area (Å²) in [5.41, 5.74) is 0. The molecule has 0 aromatic carbocycles. The summed E-state index contributed by atoms with van der Waals surface area (Å²) >= 11 is 0. The second kappa shape index (κ2) is 9.22. The Bertz CT molecular complexity index is 134. The van der Waals surface area contributed by atoms with Gasteiger partial charge in [0.25, 0.3) is 0 Å². The molecule has 2 nitrogen and oxygen atoms in total. The summed E-state index contributed by atoms with van der Waals surface area (Å²) in [5, 5.41) is 19.1. The molecule has 0 aliphatic rings. The van der Waals surface area contributed by atoms with Gasteiger partial charge in [-0.25, -0.2) is 0 Å². The van der Waals surface area contributed by atoms with Gasteiger partial charge in [0.2, 0.25) is 0 Å². The standard InChI is InChI=1S/C12H24O2/c1-3-5-7-9-11(13)12(14)10-8-6-4-2/h3,11-14H,1,4-10H2,2H3. The molecule has 2 unspecified atom stereocenters. The maximum atomic E-state index is 9.57. The predicted octanol–water partition coefficient (Wildman–Crippen LogP) is 2.64. The lowest BCUT2D eigenvalue weighted by molar-refractivity contribution is 0.00768. The largest absolute Gasteiger partial charge is 0.390 e. The van der Waals surface area contributed by atoms with E-state index in [1.807, 2.05) is 6.08 Å². The van der Waals surface area contributed by atoms with Gasteiger partial charge in [-0.15, -0.1) is 6.58 Å². The van der Waals surface area contributed by atoms with Gasteiger partial charge in [-0.3, -0.25) is 0 Å². The molecule has 0 amide bonds. The fourth-order valence-corrected chi connectivity index (χ4v) is 1.46. The minimum atomic E-state index is -0.549. The molecule has 84 valence electrons. The second-order valence-electron chi connectivity index (χ2n) is 3.85. The van der Waals surface area contributed by atoms with Gasteiger partial charge in [-0.05, 0) is 25.7 Å². The van der Waals surface area contributed by atoms with Crippen LogP contribution in [0.4, 0.5) is 0 Å². The first kappa shape index (κ1) is 13.7. The molecular formula is C12H24O2. The van der Waals surface area contributed by atoms with E-state index in [1.54, 1.807) is 0 Å². The van der Waals surface area contributed by atoms with Crippen LogP contribution in [0.25, 0.3) is 0 Å². The van der Waals surface area contributed by atoms with Crippen molar-refractivity contribution in [3.8, 4) is 0 Å². The number of hydrogen-bond donors (Lipinski definition) is 2. The van der Waals surface area contributed by atoms with Crippen molar-refractivity contribution < 1.29 is 10.2 Å². The van der Waals surface area contributed by atoms with Crippen LogP contribution in [0.5, 0.6) is 0 Å². The lowest BCUT2D eigenvalue weighted by Crippen LogP contribution is -2.25. The molecule has 0 rings (SSSR count). The van der Waals surface area contributed by atoms with E-state index in [0.29, 0.717) is 6.42 Å². The van der Waals surface area contributed by atoms with Crippen LogP contribution in [-0.2, 0) is 0 Å². The van der Waals surface area contributed by atoms with E-state index >= 15 is 0 Å². The van der Waals surface area contributed by atoms with Crippen molar-refractivity contribution in [3.05, 3.63) is 12.7 Å². The Morgan fingerprint density at radius 3 is 2.14 bits per heavy atom. The van der Waals surface area contributed by atoms with Crippen LogP contribution in [-0.4, -0.2) is 22.4 Å². The molecule has 0 radical (unpaired) electrons. The summed E-state index contributed by atoms with van der Waals surface area (Å²) in [6.45, 7) is 5.75. The van der Waals surface area contributed by atoms with Crippen LogP contribution in [0.15, 0.2) is 12.7 Å². The first-order valence-corrected chi connectivity index (χ1v) is 5.69. The summed E-state index contributed by atoms with van der Waals surface area (Å²) in [6.07, 6.45) is 7.29. The molecule has 0 aromatic rings. The molecule has 2 N–H and O–H groups in total. The Kier molecular flexibility index (Phi) is 9.00. The van der Waals surface area contributed by atoms with Crippen LogP contribution in [0.1, 0.15) is 51.9 Å². The van der Waals surface area contributed by atoms with Crippen molar-refractivity contribution in [2.24, 2.45) is 0 Å². The number of aliphatic hydroxyl groups excluding tert-OH is 2. The zero-order chi connectivity index (χ0) is 10.8. The number of aliphatic hydroxyl groups is 2. The highest BCUT2D eigenvalue weighted by Crippen LogP contribution is 2.11. The lowest BCUT2D eigenvalue weighted by atomic mass is 10.0. The van der Waals surface area contributed by atoms with Gasteiger partial charge in [0.15, 0.2) is 0 Å². The molecule has 0 bridgehead atoms. The smallest absolute Gasteiger partial charge is 0.0799 e. The van der Waals surface area contributed by atoms with Crippen LogP contribution in [0.3, 0.4) is 0 Å². The fourth-order valence-electron chi connectivity index (χ4n) is 1.46. The first-order valence-electron chi connectivity index (χ1n) is 5.69. The third-order valence-corrected chi connectivity index (χ3v) is 2.46. The fraction of sp³-hybridized carbons (Fsp3) is 0.833. The van der Waals surface area contributed by atoms with E-state index in [2.05, 4.69) is 13.5 Å². The highest BCUT2D eigenvalue weighted by atomic mass is 16.3. The zero-order valence-corrected chi connectivity index (χ0v) is 9.28. The van der Waals surface area contributed by atoms with Gasteiger partial charge in [0.1, 0.15) is 0 Å². The third-order valence-electron chi connectivity index (χ3n) is 2.46. The highest BCUT2D eigenvalue weighted by Gasteiger charge is 2.14. The Labute approximate surface area is 87.7 Å². The van der Waals surface area contributed by atoms with Crippen molar-refractivity contribution in [1.29, 1.82) is 0 Å². The molecule has 0 spiro atoms. The number of unbranched alkanes of at least 4 members (excludes halogenated alkanes) is 3. The third kappa shape index (κ3) is 7.10. The Hall–Kier alpha value is -0.340. The van der Waals surface area contributed by atoms with E-state index in [9.17, 15) is 10.2 Å². The quantitative estimate of drug-likeness (QED) is 0.444. The van der Waals surface area contributed by atoms with Crippen LogP contribution < -0.4 is 0 Å². The molecule has 0 saturated heterocycles. The average Bonchev–Trinajstić information content (AvgIpc) is 2.18. The van der Waals surface area contributed by atoms with Gasteiger partial charge < -0.3 is 10.2 Å². The minimum absolute atomic E-state index is 0.536. The molecule has 14 heavy (non-hydrogen) atoms. The summed E-state index contributed by atoms with van der Waals surface area (Å²) in [6, 6.07) is 0. The van der Waals surface area contributed by atoms with Gasteiger partial charge in [-0.2, -0.15) is 0 Å². The summed E-state index contributed by atoms with van der Waals surface area (Å²) < 4.78 is 0. The second-order valence-corrected chi connectivity index (χ2v) is 3.85. The average molecular weight is 200 g/mol. The number of allylic oxidation sites excluding steroid dienone is 1. The summed E-state index contributed by atoms with van der Waals surface area (Å²) in [7, 11) is 0. The van der Waals surface area contributed by atoms with Gasteiger partial charge in [0, 0.05) is 0 Å². The van der Waals surface area contributed by atoms with Crippen LogP contribution >= 0.6 is 0 Å². The van der Waals surface area contributed by atoms with Crippen molar-refractivity contribution in [1.82, 2.24) is 0 Å². The van der Waals surface area contributed by atoms with E-state index in [1.165, 1.54) is 0 Å². The van der Waals surface area contributed by atoms with Gasteiger partial charge in [0.05, 0.1) is 12.2 Å². The monoisotopic (exact) mass is 200 g/mol. The normalized spacial score (nSPS) is 15.1. The SMILES string of the molecule is C=CCCCC(O)C(O)CCCCC. The molecular weight excluding hydrogens is 176 g/mol. The van der Waals surface area contributed by atoms with E-state index in [4.69, 9.17) is 0 Å². The highest BCUT2D eigenvalue weighted by molar-refractivity contribution is 4.71. The van der Waals surface area contributed by atoms with Crippen molar-refractivity contribution >= 4 is 0 Å². The maximum absolute atomic E-state index is 9.57. The van der Waals surface area contributed by atoms with Crippen molar-refractivity contribution in [2.45, 2.75) is 64.1 Å². The molecule has 0 heterocycles. The Balaban J connectivity index is 3.43. The summed E-state index contributed by atoms with van der Waals surface area (Å²) in [5.74, 6) is 0. The Morgan fingerprint density at radius 2 is 1.64 bits per heavy atom. The molecule has 0 aliphatic heterocycles. The van der Waals surface area contributed by atoms with E-state index in [-0.39, 0.29) is 0 Å². The van der Waals surface area contributed by atoms with E-state index < -0.39 is 12.2 Å². The minimum Gasteiger partial charge on any atom is -0.390 e. The van der Waals surface area contributed by atoms with Crippen LogP contribution in [0, 0.1) is 0 Å². The molecule has 0 fully saturated rings. The molecule has 0 aromatic heterocycles. The van der Waals surface area contributed by atoms with Crippen molar-refractivity contribution in [2.75, 3.05) is 0 Å². The van der Waals surface area contributed by atoms with Crippen molar-refractivity contribution in [3.63, 3.8) is 0 Å². The predicted molar refractivity (Wildman–Crippen MR) is 60.2 cm³/mol. The zero-order valence-electron chi connectivity index (χ0n) is 9.28.